The molecule has 0 heterocycles. The minimum atomic E-state index is -0.280. The average molecular weight is 808 g/mol. The molecule has 0 amide bonds. The predicted molar refractivity (Wildman–Crippen MR) is 236 cm³/mol. The number of hydrogen-bond acceptors (Lipinski definition) is 9. The molecule has 1 rings (SSSR count). The van der Waals surface area contributed by atoms with Crippen LogP contribution >= 0.6 is 21.6 Å². The van der Waals surface area contributed by atoms with Crippen molar-refractivity contribution in [3.05, 3.63) is 29.8 Å². The molecule has 0 saturated heterocycles. The SMILES string of the molecule is CCCCCCCCCCCCCCC(CCCCCCCCCCCCCC)C(=O)Oc1ccc(CC(=O)OCCSSCCOC(=O)CN(C)C)cc1. The second kappa shape index (κ2) is 37.8. The van der Waals surface area contributed by atoms with Crippen LogP contribution in [0.25, 0.3) is 0 Å². The molecule has 1 aromatic rings. The van der Waals surface area contributed by atoms with Gasteiger partial charge in [0.15, 0.2) is 0 Å². The summed E-state index contributed by atoms with van der Waals surface area (Å²) in [6.45, 7) is 5.52. The standard InChI is InChI=1S/C46H81NO6S2/c1-5-7-9-11-13-15-17-19-21-23-25-27-29-42(30-28-26-24-22-20-18-16-14-12-10-8-6-2)46(50)53-43-33-31-41(32-34-43)39-44(48)51-35-37-54-55-38-36-52-45(49)40-47(3)4/h31-34,42H,5-30,35-40H2,1-4H3. The fraction of sp³-hybridized carbons (Fsp3) is 0.804. The molecule has 0 bridgehead atoms. The van der Waals surface area contributed by atoms with Gasteiger partial charge < -0.3 is 14.2 Å². The van der Waals surface area contributed by atoms with E-state index in [1.54, 1.807) is 38.6 Å². The smallest absolute Gasteiger partial charge is 0.320 e. The Balaban J connectivity index is 2.39. The zero-order chi connectivity index (χ0) is 40.0. The molecule has 0 unspecified atom stereocenters. The number of nitrogens with zero attached hydrogens (tertiary/aromatic N) is 1. The molecule has 9 heteroatoms. The third-order valence-electron chi connectivity index (χ3n) is 10.0. The minimum absolute atomic E-state index is 0.0602. The number of esters is 3. The van der Waals surface area contributed by atoms with E-state index in [1.165, 1.54) is 141 Å². The van der Waals surface area contributed by atoms with Gasteiger partial charge in [-0.3, -0.25) is 19.3 Å². The van der Waals surface area contributed by atoms with Gasteiger partial charge in [0.25, 0.3) is 0 Å². The molecule has 0 aliphatic rings. The van der Waals surface area contributed by atoms with E-state index in [2.05, 4.69) is 13.8 Å². The number of benzene rings is 1. The third kappa shape index (κ3) is 33.0. The zero-order valence-electron chi connectivity index (χ0n) is 35.7. The van der Waals surface area contributed by atoms with Crippen molar-refractivity contribution in [2.75, 3.05) is 45.4 Å². The minimum Gasteiger partial charge on any atom is -0.465 e. The number of likely N-dealkylation sites (N-methyl/N-ethyl adjacent to an activating group) is 1. The first-order chi connectivity index (χ1) is 26.8. The number of carbonyl (C=O) groups excluding carboxylic acids is 3. The average Bonchev–Trinajstić information content (AvgIpc) is 3.16. The van der Waals surface area contributed by atoms with Crippen LogP contribution in [0, 0.1) is 5.92 Å². The summed E-state index contributed by atoms with van der Waals surface area (Å²) in [4.78, 5) is 39.1. The summed E-state index contributed by atoms with van der Waals surface area (Å²) in [5, 5.41) is 0. The van der Waals surface area contributed by atoms with Crippen LogP contribution in [0.1, 0.15) is 186 Å². The van der Waals surface area contributed by atoms with Crippen molar-refractivity contribution < 1.29 is 28.6 Å². The van der Waals surface area contributed by atoms with Crippen LogP contribution in [0.2, 0.25) is 0 Å². The van der Waals surface area contributed by atoms with Gasteiger partial charge in [0.05, 0.1) is 18.9 Å². The molecule has 318 valence electrons. The predicted octanol–water partition coefficient (Wildman–Crippen LogP) is 13.0. The highest BCUT2D eigenvalue weighted by atomic mass is 33.1. The van der Waals surface area contributed by atoms with E-state index in [-0.39, 0.29) is 36.8 Å². The maximum atomic E-state index is 13.4. The number of ether oxygens (including phenoxy) is 3. The Morgan fingerprint density at radius 3 is 1.33 bits per heavy atom. The molecule has 0 aliphatic carbocycles. The quantitative estimate of drug-likeness (QED) is 0.0279. The Kier molecular flexibility index (Phi) is 35.3. The van der Waals surface area contributed by atoms with Crippen LogP contribution in [0.15, 0.2) is 24.3 Å². The summed E-state index contributed by atoms with van der Waals surface area (Å²) in [6.07, 6.45) is 33.5. The van der Waals surface area contributed by atoms with Crippen molar-refractivity contribution in [1.29, 1.82) is 0 Å². The first-order valence-electron chi connectivity index (χ1n) is 22.4. The molecule has 0 spiro atoms. The zero-order valence-corrected chi connectivity index (χ0v) is 37.4. The lowest BCUT2D eigenvalue weighted by molar-refractivity contribution is -0.144. The van der Waals surface area contributed by atoms with Crippen LogP contribution in [-0.2, 0) is 30.3 Å². The Hall–Kier alpha value is -1.71. The highest BCUT2D eigenvalue weighted by Crippen LogP contribution is 2.24. The fourth-order valence-electron chi connectivity index (χ4n) is 6.74. The van der Waals surface area contributed by atoms with E-state index < -0.39 is 0 Å². The van der Waals surface area contributed by atoms with Crippen molar-refractivity contribution in [3.63, 3.8) is 0 Å². The lowest BCUT2D eigenvalue weighted by Gasteiger charge is -2.16. The maximum Gasteiger partial charge on any atom is 0.320 e. The lowest BCUT2D eigenvalue weighted by atomic mass is 9.94. The van der Waals surface area contributed by atoms with Crippen LogP contribution < -0.4 is 4.74 Å². The number of rotatable bonds is 39. The summed E-state index contributed by atoms with van der Waals surface area (Å²) in [7, 11) is 6.85. The molecule has 0 saturated carbocycles. The lowest BCUT2D eigenvalue weighted by Crippen LogP contribution is -2.24. The van der Waals surface area contributed by atoms with E-state index >= 15 is 0 Å². The van der Waals surface area contributed by atoms with Crippen molar-refractivity contribution in [1.82, 2.24) is 4.90 Å². The van der Waals surface area contributed by atoms with E-state index in [4.69, 9.17) is 14.2 Å². The molecule has 7 nitrogen and oxygen atoms in total. The Morgan fingerprint density at radius 1 is 0.545 bits per heavy atom. The largest absolute Gasteiger partial charge is 0.465 e. The Labute approximate surface area is 345 Å². The van der Waals surface area contributed by atoms with E-state index in [9.17, 15) is 14.4 Å². The first-order valence-corrected chi connectivity index (χ1v) is 24.9. The molecule has 0 fully saturated rings. The number of hydrogen-bond donors (Lipinski definition) is 0. The van der Waals surface area contributed by atoms with Crippen molar-refractivity contribution in [2.45, 2.75) is 187 Å². The van der Waals surface area contributed by atoms with Crippen molar-refractivity contribution >= 4 is 39.5 Å². The van der Waals surface area contributed by atoms with Crippen LogP contribution in [-0.4, -0.2) is 68.2 Å². The first kappa shape index (κ1) is 51.3. The molecule has 0 aromatic heterocycles. The normalized spacial score (nSPS) is 11.4. The molecule has 0 radical (unpaired) electrons. The monoisotopic (exact) mass is 808 g/mol. The Bertz CT molecular complexity index is 1030. The highest BCUT2D eigenvalue weighted by Gasteiger charge is 2.20. The van der Waals surface area contributed by atoms with Gasteiger partial charge in [0.1, 0.15) is 19.0 Å². The maximum absolute atomic E-state index is 13.4. The molecule has 1 aromatic carbocycles. The number of unbranched alkanes of at least 4 members (excludes halogenated alkanes) is 22. The molecular formula is C46H81NO6S2. The van der Waals surface area contributed by atoms with Gasteiger partial charge in [-0.15, -0.1) is 0 Å². The van der Waals surface area contributed by atoms with Gasteiger partial charge >= 0.3 is 17.9 Å². The van der Waals surface area contributed by atoms with Gasteiger partial charge in [0.2, 0.25) is 0 Å². The molecule has 0 atom stereocenters. The van der Waals surface area contributed by atoms with Crippen LogP contribution in [0.4, 0.5) is 0 Å². The van der Waals surface area contributed by atoms with Crippen LogP contribution in [0.3, 0.4) is 0 Å². The van der Waals surface area contributed by atoms with Gasteiger partial charge in [-0.2, -0.15) is 0 Å². The van der Waals surface area contributed by atoms with E-state index in [1.807, 2.05) is 26.2 Å². The Morgan fingerprint density at radius 2 is 0.927 bits per heavy atom. The molecule has 0 aliphatic heterocycles. The third-order valence-corrected chi connectivity index (χ3v) is 12.4. The van der Waals surface area contributed by atoms with Gasteiger partial charge in [-0.05, 0) is 44.6 Å². The van der Waals surface area contributed by atoms with E-state index in [0.717, 1.165) is 31.2 Å². The summed E-state index contributed by atoms with van der Waals surface area (Å²) in [6, 6.07) is 7.28. The van der Waals surface area contributed by atoms with Crippen LogP contribution in [0.5, 0.6) is 5.75 Å². The van der Waals surface area contributed by atoms with Crippen molar-refractivity contribution in [3.8, 4) is 5.75 Å². The molecule has 55 heavy (non-hydrogen) atoms. The fourth-order valence-corrected chi connectivity index (χ4v) is 8.39. The summed E-state index contributed by atoms with van der Waals surface area (Å²) in [5.41, 5.74) is 0.830. The summed E-state index contributed by atoms with van der Waals surface area (Å²) >= 11 is 0. The second-order valence-corrected chi connectivity index (χ2v) is 18.3. The molecule has 0 N–H and O–H groups in total. The van der Waals surface area contributed by atoms with Gasteiger partial charge in [0, 0.05) is 11.5 Å². The highest BCUT2D eigenvalue weighted by molar-refractivity contribution is 8.76. The summed E-state index contributed by atoms with van der Waals surface area (Å²) < 4.78 is 16.5. The molecular weight excluding hydrogens is 727 g/mol. The topological polar surface area (TPSA) is 82.1 Å². The number of carbonyl (C=O) groups is 3. The van der Waals surface area contributed by atoms with Crippen molar-refractivity contribution in [2.24, 2.45) is 5.92 Å². The van der Waals surface area contributed by atoms with E-state index in [0.29, 0.717) is 30.5 Å². The van der Waals surface area contributed by atoms with Gasteiger partial charge in [-0.1, -0.05) is 202 Å². The van der Waals surface area contributed by atoms with Gasteiger partial charge in [-0.25, -0.2) is 0 Å². The second-order valence-electron chi connectivity index (χ2n) is 15.6. The summed E-state index contributed by atoms with van der Waals surface area (Å²) in [5.74, 6) is 1.21.